The minimum atomic E-state index is -1.10. The SMILES string of the molecule is CC(Nc1nc(NCCCCCC(=O)O)nc(NC(C)C(=O)O)n1)C(=O)O. The first kappa shape index (κ1) is 21.9. The molecule has 27 heavy (non-hydrogen) atoms. The number of carboxylic acids is 3. The molecule has 12 nitrogen and oxygen atoms in total. The molecule has 150 valence electrons. The number of hydrogen-bond acceptors (Lipinski definition) is 9. The van der Waals surface area contributed by atoms with Crippen LogP contribution in [-0.4, -0.2) is 66.8 Å². The predicted molar refractivity (Wildman–Crippen MR) is 95.9 cm³/mol. The van der Waals surface area contributed by atoms with Crippen LogP contribution in [0.4, 0.5) is 17.8 Å². The Morgan fingerprint density at radius 1 is 0.815 bits per heavy atom. The van der Waals surface area contributed by atoms with Gasteiger partial charge in [-0.25, -0.2) is 0 Å². The average molecular weight is 384 g/mol. The molecule has 0 bridgehead atoms. The molecule has 0 aliphatic heterocycles. The molecule has 0 aliphatic carbocycles. The lowest BCUT2D eigenvalue weighted by Gasteiger charge is -2.14. The summed E-state index contributed by atoms with van der Waals surface area (Å²) in [6.45, 7) is 3.29. The topological polar surface area (TPSA) is 187 Å². The molecule has 2 atom stereocenters. The molecule has 0 saturated heterocycles. The normalized spacial score (nSPS) is 12.7. The smallest absolute Gasteiger partial charge is 0.325 e. The molecule has 0 spiro atoms. The summed E-state index contributed by atoms with van der Waals surface area (Å²) in [7, 11) is 0. The number of unbranched alkanes of at least 4 members (excludes halogenated alkanes) is 2. The van der Waals surface area contributed by atoms with Crippen molar-refractivity contribution in [2.75, 3.05) is 22.5 Å². The van der Waals surface area contributed by atoms with Gasteiger partial charge in [0.25, 0.3) is 0 Å². The van der Waals surface area contributed by atoms with E-state index >= 15 is 0 Å². The van der Waals surface area contributed by atoms with E-state index in [9.17, 15) is 14.4 Å². The monoisotopic (exact) mass is 384 g/mol. The van der Waals surface area contributed by atoms with Gasteiger partial charge in [0, 0.05) is 13.0 Å². The van der Waals surface area contributed by atoms with Crippen LogP contribution >= 0.6 is 0 Å². The number of nitrogens with zero attached hydrogens (tertiary/aromatic N) is 3. The van der Waals surface area contributed by atoms with Crippen molar-refractivity contribution in [3.63, 3.8) is 0 Å². The van der Waals surface area contributed by atoms with Gasteiger partial charge in [-0.05, 0) is 26.7 Å². The van der Waals surface area contributed by atoms with Gasteiger partial charge in [-0.1, -0.05) is 6.42 Å². The lowest BCUT2D eigenvalue weighted by Crippen LogP contribution is -2.29. The Morgan fingerprint density at radius 3 is 1.74 bits per heavy atom. The van der Waals surface area contributed by atoms with Crippen molar-refractivity contribution in [1.82, 2.24) is 15.0 Å². The highest BCUT2D eigenvalue weighted by Crippen LogP contribution is 2.12. The van der Waals surface area contributed by atoms with Gasteiger partial charge in [0.15, 0.2) is 0 Å². The number of carbonyl (C=O) groups is 3. The quantitative estimate of drug-likeness (QED) is 0.262. The van der Waals surface area contributed by atoms with Crippen molar-refractivity contribution in [1.29, 1.82) is 0 Å². The summed E-state index contributed by atoms with van der Waals surface area (Å²) in [6.07, 6.45) is 2.04. The van der Waals surface area contributed by atoms with E-state index in [2.05, 4.69) is 30.9 Å². The van der Waals surface area contributed by atoms with E-state index in [1.165, 1.54) is 13.8 Å². The fraction of sp³-hybridized carbons (Fsp3) is 0.600. The second kappa shape index (κ2) is 10.7. The Bertz CT molecular complexity index is 630. The lowest BCUT2D eigenvalue weighted by atomic mass is 10.2. The van der Waals surface area contributed by atoms with Crippen LogP contribution in [0.25, 0.3) is 0 Å². The largest absolute Gasteiger partial charge is 0.481 e. The van der Waals surface area contributed by atoms with Crippen LogP contribution in [0.5, 0.6) is 0 Å². The van der Waals surface area contributed by atoms with Gasteiger partial charge in [0.1, 0.15) is 12.1 Å². The zero-order valence-electron chi connectivity index (χ0n) is 15.1. The van der Waals surface area contributed by atoms with Crippen molar-refractivity contribution < 1.29 is 29.7 Å². The summed E-state index contributed by atoms with van der Waals surface area (Å²) in [5.41, 5.74) is 0. The summed E-state index contributed by atoms with van der Waals surface area (Å²) in [4.78, 5) is 44.5. The van der Waals surface area contributed by atoms with Gasteiger partial charge in [-0.2, -0.15) is 15.0 Å². The van der Waals surface area contributed by atoms with Gasteiger partial charge < -0.3 is 31.3 Å². The van der Waals surface area contributed by atoms with E-state index in [0.29, 0.717) is 25.8 Å². The fourth-order valence-electron chi connectivity index (χ4n) is 1.87. The summed E-state index contributed by atoms with van der Waals surface area (Å²) in [6, 6.07) is -1.91. The third kappa shape index (κ3) is 8.65. The summed E-state index contributed by atoms with van der Waals surface area (Å²) >= 11 is 0. The minimum absolute atomic E-state index is 0.0200. The fourth-order valence-corrected chi connectivity index (χ4v) is 1.87. The van der Waals surface area contributed by atoms with Crippen LogP contribution in [0.1, 0.15) is 39.5 Å². The van der Waals surface area contributed by atoms with Crippen molar-refractivity contribution in [2.24, 2.45) is 0 Å². The Labute approximate surface area is 155 Å². The highest BCUT2D eigenvalue weighted by atomic mass is 16.4. The minimum Gasteiger partial charge on any atom is -0.481 e. The first-order valence-corrected chi connectivity index (χ1v) is 8.39. The first-order valence-electron chi connectivity index (χ1n) is 8.39. The molecule has 2 unspecified atom stereocenters. The molecule has 0 amide bonds. The Balaban J connectivity index is 2.76. The van der Waals surface area contributed by atoms with Crippen molar-refractivity contribution in [3.05, 3.63) is 0 Å². The van der Waals surface area contributed by atoms with Gasteiger partial charge >= 0.3 is 17.9 Å². The molecule has 1 aromatic heterocycles. The molecule has 1 heterocycles. The van der Waals surface area contributed by atoms with Crippen LogP contribution in [-0.2, 0) is 14.4 Å². The van der Waals surface area contributed by atoms with E-state index < -0.39 is 30.0 Å². The maximum absolute atomic E-state index is 11.0. The van der Waals surface area contributed by atoms with Crippen molar-refractivity contribution in [3.8, 4) is 0 Å². The molecule has 1 aromatic rings. The molecule has 0 aliphatic rings. The summed E-state index contributed by atoms with van der Waals surface area (Å²) in [5.74, 6) is -2.94. The second-order valence-corrected chi connectivity index (χ2v) is 5.85. The van der Waals surface area contributed by atoms with Crippen molar-refractivity contribution >= 4 is 35.8 Å². The van der Waals surface area contributed by atoms with Crippen molar-refractivity contribution in [2.45, 2.75) is 51.6 Å². The Kier molecular flexibility index (Phi) is 8.69. The maximum atomic E-state index is 11.0. The molecule has 0 radical (unpaired) electrons. The number of anilines is 3. The molecule has 0 fully saturated rings. The third-order valence-electron chi connectivity index (χ3n) is 3.42. The van der Waals surface area contributed by atoms with E-state index in [4.69, 9.17) is 15.3 Å². The number of nitrogens with one attached hydrogen (secondary N) is 3. The highest BCUT2D eigenvalue weighted by molar-refractivity contribution is 5.77. The number of aromatic nitrogens is 3. The van der Waals surface area contributed by atoms with E-state index in [1.54, 1.807) is 0 Å². The second-order valence-electron chi connectivity index (χ2n) is 5.85. The standard InChI is InChI=1S/C15H24N6O6/c1-8(11(24)25)17-14-19-13(16-7-5-3-4-6-10(22)23)20-15(21-14)18-9(2)12(26)27/h8-9H,3-7H2,1-2H3,(H,22,23)(H,24,25)(H,26,27)(H3,16,17,18,19,20,21). The molecule has 0 saturated carbocycles. The van der Waals surface area contributed by atoms with Gasteiger partial charge in [0.05, 0.1) is 0 Å². The average Bonchev–Trinajstić information content (AvgIpc) is 2.57. The van der Waals surface area contributed by atoms with E-state index in [0.717, 1.165) is 0 Å². The van der Waals surface area contributed by atoms with E-state index in [-0.39, 0.29) is 24.3 Å². The zero-order valence-corrected chi connectivity index (χ0v) is 15.1. The van der Waals surface area contributed by atoms with Crippen LogP contribution in [0.15, 0.2) is 0 Å². The third-order valence-corrected chi connectivity index (χ3v) is 3.42. The van der Waals surface area contributed by atoms with Crippen LogP contribution < -0.4 is 16.0 Å². The lowest BCUT2D eigenvalue weighted by molar-refractivity contribution is -0.138. The molecule has 6 N–H and O–H groups in total. The molecule has 12 heteroatoms. The molecular formula is C15H24N6O6. The first-order chi connectivity index (χ1) is 12.7. The molecule has 1 rings (SSSR count). The van der Waals surface area contributed by atoms with Crippen LogP contribution in [0, 0.1) is 0 Å². The predicted octanol–water partition coefficient (Wildman–Crippen LogP) is 0.698. The van der Waals surface area contributed by atoms with Gasteiger partial charge in [-0.3, -0.25) is 14.4 Å². The number of carboxylic acid groups (broad SMARTS) is 3. The summed E-state index contributed by atoms with van der Waals surface area (Å²) in [5, 5.41) is 34.7. The van der Waals surface area contributed by atoms with E-state index in [1.807, 2.05) is 0 Å². The van der Waals surface area contributed by atoms with Crippen LogP contribution in [0.2, 0.25) is 0 Å². The number of hydrogen-bond donors (Lipinski definition) is 6. The van der Waals surface area contributed by atoms with Crippen LogP contribution in [0.3, 0.4) is 0 Å². The Hall–Kier alpha value is -3.18. The number of rotatable bonds is 13. The van der Waals surface area contributed by atoms with Gasteiger partial charge in [-0.15, -0.1) is 0 Å². The van der Waals surface area contributed by atoms with Gasteiger partial charge in [0.2, 0.25) is 17.8 Å². The number of aliphatic carboxylic acids is 3. The highest BCUT2D eigenvalue weighted by Gasteiger charge is 2.16. The molecule has 0 aromatic carbocycles. The zero-order chi connectivity index (χ0) is 20.4. The maximum Gasteiger partial charge on any atom is 0.325 e. The summed E-state index contributed by atoms with van der Waals surface area (Å²) < 4.78 is 0. The Morgan fingerprint density at radius 2 is 1.30 bits per heavy atom. The molecular weight excluding hydrogens is 360 g/mol.